The maximum Gasteiger partial charge on any atom is 0.303 e. The largest absolute Gasteiger partial charge is 0.481 e. The first-order chi connectivity index (χ1) is 11.8. The summed E-state index contributed by atoms with van der Waals surface area (Å²) in [5.41, 5.74) is 0. The Bertz CT molecular complexity index is 462. The molecule has 0 aromatic carbocycles. The second-order valence-electron chi connectivity index (χ2n) is 5.35. The van der Waals surface area contributed by atoms with Crippen LogP contribution >= 0.6 is 0 Å². The van der Waals surface area contributed by atoms with Gasteiger partial charge in [0.25, 0.3) is 0 Å². The Hall–Kier alpha value is -2.09. The number of carbonyl (C=O) groups is 1. The zero-order chi connectivity index (χ0) is 17.7. The number of rotatable bonds is 14. The molecule has 0 heterocycles. The van der Waals surface area contributed by atoms with Gasteiger partial charge in [-0.3, -0.25) is 4.79 Å². The van der Waals surface area contributed by atoms with Crippen LogP contribution in [0, 0.1) is 0 Å². The van der Waals surface area contributed by atoms with E-state index in [0.29, 0.717) is 6.42 Å². The minimum absolute atomic E-state index is 0.210. The molecule has 0 saturated heterocycles. The number of allylic oxidation sites excluding steroid dienone is 12. The lowest BCUT2D eigenvalue weighted by atomic mass is 10.2. The molecule has 0 bridgehead atoms. The van der Waals surface area contributed by atoms with Gasteiger partial charge in [0, 0.05) is 6.42 Å². The molecule has 2 nitrogen and oxygen atoms in total. The molecule has 0 aromatic rings. The van der Waals surface area contributed by atoms with E-state index in [4.69, 9.17) is 5.11 Å². The van der Waals surface area contributed by atoms with E-state index in [1.165, 1.54) is 0 Å². The molecule has 0 atom stereocenters. The van der Waals surface area contributed by atoms with Crippen molar-refractivity contribution in [2.24, 2.45) is 0 Å². The Morgan fingerprint density at radius 2 is 0.958 bits per heavy atom. The number of hydrogen-bond donors (Lipinski definition) is 1. The quantitative estimate of drug-likeness (QED) is 0.367. The normalized spacial score (nSPS) is 13.0. The third-order valence-corrected chi connectivity index (χ3v) is 3.12. The number of aliphatic carboxylic acids is 1. The van der Waals surface area contributed by atoms with E-state index in [-0.39, 0.29) is 6.42 Å². The first kappa shape index (κ1) is 21.9. The molecule has 0 spiro atoms. The Morgan fingerprint density at radius 3 is 1.29 bits per heavy atom. The highest BCUT2D eigenvalue weighted by Crippen LogP contribution is 1.97. The Balaban J connectivity index is 3.51. The number of carboxylic acids is 1. The molecular formula is C22H32O2. The van der Waals surface area contributed by atoms with Crippen molar-refractivity contribution < 1.29 is 9.90 Å². The first-order valence-electron chi connectivity index (χ1n) is 8.89. The molecule has 132 valence electrons. The van der Waals surface area contributed by atoms with Gasteiger partial charge in [0.2, 0.25) is 0 Å². The predicted octanol–water partition coefficient (Wildman–Crippen LogP) is 6.55. The van der Waals surface area contributed by atoms with E-state index in [1.54, 1.807) is 0 Å². The van der Waals surface area contributed by atoms with Crippen LogP contribution in [0.2, 0.25) is 0 Å². The third kappa shape index (κ3) is 19.9. The van der Waals surface area contributed by atoms with Crippen LogP contribution in [0.3, 0.4) is 0 Å². The topological polar surface area (TPSA) is 37.3 Å². The number of carboxylic acid groups (broad SMARTS) is 1. The highest BCUT2D eigenvalue weighted by Gasteiger charge is 1.90. The zero-order valence-electron chi connectivity index (χ0n) is 14.9. The van der Waals surface area contributed by atoms with E-state index in [0.717, 1.165) is 38.5 Å². The summed E-state index contributed by atoms with van der Waals surface area (Å²) in [4.78, 5) is 10.3. The molecule has 0 saturated carbocycles. The van der Waals surface area contributed by atoms with Crippen LogP contribution < -0.4 is 0 Å². The van der Waals surface area contributed by atoms with Crippen LogP contribution in [0.5, 0.6) is 0 Å². The molecule has 0 aliphatic rings. The lowest BCUT2D eigenvalue weighted by Crippen LogP contribution is -1.91. The average Bonchev–Trinajstić information content (AvgIpc) is 2.56. The monoisotopic (exact) mass is 328 g/mol. The molecule has 0 aliphatic carbocycles. The van der Waals surface area contributed by atoms with E-state index in [2.05, 4.69) is 67.7 Å². The van der Waals surface area contributed by atoms with Crippen molar-refractivity contribution in [1.82, 2.24) is 0 Å². The van der Waals surface area contributed by atoms with Crippen LogP contribution in [0.25, 0.3) is 0 Å². The highest BCUT2D eigenvalue weighted by atomic mass is 16.4. The summed E-state index contributed by atoms with van der Waals surface area (Å²) in [6.07, 6.45) is 32.5. The smallest absolute Gasteiger partial charge is 0.303 e. The molecule has 0 radical (unpaired) electrons. The van der Waals surface area contributed by atoms with Gasteiger partial charge < -0.3 is 5.11 Å². The van der Waals surface area contributed by atoms with Crippen molar-refractivity contribution in [2.45, 2.75) is 58.3 Å². The van der Waals surface area contributed by atoms with Gasteiger partial charge >= 0.3 is 5.97 Å². The van der Waals surface area contributed by atoms with E-state index >= 15 is 0 Å². The minimum atomic E-state index is -0.741. The van der Waals surface area contributed by atoms with Gasteiger partial charge in [-0.15, -0.1) is 0 Å². The van der Waals surface area contributed by atoms with Crippen molar-refractivity contribution in [3.05, 3.63) is 72.9 Å². The maximum absolute atomic E-state index is 10.3. The molecule has 0 unspecified atom stereocenters. The van der Waals surface area contributed by atoms with Gasteiger partial charge in [-0.2, -0.15) is 0 Å². The molecular weight excluding hydrogens is 296 g/mol. The predicted molar refractivity (Wildman–Crippen MR) is 105 cm³/mol. The Labute approximate surface area is 147 Å². The summed E-state index contributed by atoms with van der Waals surface area (Å²) in [6.45, 7) is 2.15. The molecule has 1 N–H and O–H groups in total. The van der Waals surface area contributed by atoms with Crippen LogP contribution in [0.4, 0.5) is 0 Å². The third-order valence-electron chi connectivity index (χ3n) is 3.12. The van der Waals surface area contributed by atoms with Gasteiger partial charge in [-0.1, -0.05) is 79.8 Å². The molecule has 0 amide bonds. The van der Waals surface area contributed by atoms with Crippen molar-refractivity contribution in [3.63, 3.8) is 0 Å². The molecule has 2 heteroatoms. The van der Waals surface area contributed by atoms with E-state index in [1.807, 2.05) is 12.2 Å². The van der Waals surface area contributed by atoms with Crippen LogP contribution in [0.15, 0.2) is 72.9 Å². The summed E-state index contributed by atoms with van der Waals surface area (Å²) in [5, 5.41) is 8.49. The fraction of sp³-hybridized carbons (Fsp3) is 0.409. The van der Waals surface area contributed by atoms with Gasteiger partial charge in [-0.05, 0) is 44.9 Å². The standard InChI is InChI=1S/C22H32O2/c1-2-3-4-5-6-7-8-9-10-11-12-13-14-15-16-17-18-19-20-21-22(23)24/h3-4,6-7,9-10,12-13,15-16,18-19H,2,5,8,11,14,17,20-21H2,1H3,(H,23,24)/b4-3-,7-6+,10-9-,13-12+,16-15+,19-18+. The summed E-state index contributed by atoms with van der Waals surface area (Å²) < 4.78 is 0. The van der Waals surface area contributed by atoms with Gasteiger partial charge in [0.15, 0.2) is 0 Å². The summed E-state index contributed by atoms with van der Waals surface area (Å²) >= 11 is 0. The zero-order valence-corrected chi connectivity index (χ0v) is 14.9. The molecule has 0 fully saturated rings. The lowest BCUT2D eigenvalue weighted by Gasteiger charge is -1.87. The van der Waals surface area contributed by atoms with Crippen LogP contribution in [0.1, 0.15) is 58.3 Å². The molecule has 0 aromatic heterocycles. The minimum Gasteiger partial charge on any atom is -0.481 e. The van der Waals surface area contributed by atoms with Gasteiger partial charge in [0.1, 0.15) is 0 Å². The van der Waals surface area contributed by atoms with E-state index in [9.17, 15) is 4.79 Å². The summed E-state index contributed by atoms with van der Waals surface area (Å²) in [6, 6.07) is 0. The van der Waals surface area contributed by atoms with Crippen molar-refractivity contribution in [2.75, 3.05) is 0 Å². The van der Waals surface area contributed by atoms with Crippen LogP contribution in [-0.2, 0) is 4.79 Å². The fourth-order valence-electron chi connectivity index (χ4n) is 1.85. The fourth-order valence-corrected chi connectivity index (χ4v) is 1.85. The molecule has 0 aliphatic heterocycles. The van der Waals surface area contributed by atoms with Crippen molar-refractivity contribution >= 4 is 5.97 Å². The summed E-state index contributed by atoms with van der Waals surface area (Å²) in [5.74, 6) is -0.741. The van der Waals surface area contributed by atoms with Gasteiger partial charge in [-0.25, -0.2) is 0 Å². The van der Waals surface area contributed by atoms with Crippen molar-refractivity contribution in [1.29, 1.82) is 0 Å². The molecule has 24 heavy (non-hydrogen) atoms. The Morgan fingerprint density at radius 1 is 0.625 bits per heavy atom. The lowest BCUT2D eigenvalue weighted by molar-refractivity contribution is -0.136. The van der Waals surface area contributed by atoms with E-state index < -0.39 is 5.97 Å². The van der Waals surface area contributed by atoms with Gasteiger partial charge in [0.05, 0.1) is 0 Å². The maximum atomic E-state index is 10.3. The molecule has 0 rings (SSSR count). The van der Waals surface area contributed by atoms with Crippen LogP contribution in [-0.4, -0.2) is 11.1 Å². The summed E-state index contributed by atoms with van der Waals surface area (Å²) in [7, 11) is 0. The second kappa shape index (κ2) is 19.0. The second-order valence-corrected chi connectivity index (χ2v) is 5.35. The highest BCUT2D eigenvalue weighted by molar-refractivity contribution is 5.66. The first-order valence-corrected chi connectivity index (χ1v) is 8.89. The SMILES string of the molecule is CC/C=C\C/C=C/C/C=C\C/C=C/C/C=C/C/C=C/CCC(=O)O. The number of hydrogen-bond acceptors (Lipinski definition) is 1. The average molecular weight is 328 g/mol. The Kier molecular flexibility index (Phi) is 17.3. The van der Waals surface area contributed by atoms with Crippen molar-refractivity contribution in [3.8, 4) is 0 Å².